The van der Waals surface area contributed by atoms with Gasteiger partial charge in [-0.25, -0.2) is 0 Å². The Labute approximate surface area is 213 Å². The monoisotopic (exact) mass is 464 g/mol. The summed E-state index contributed by atoms with van der Waals surface area (Å²) in [5, 5.41) is 0. The number of unbranched alkanes of at least 4 members (excludes halogenated alkanes) is 6. The Morgan fingerprint density at radius 3 is 1.35 bits per heavy atom. The molecule has 0 radical (unpaired) electrons. The van der Waals surface area contributed by atoms with Gasteiger partial charge in [0.1, 0.15) is 0 Å². The van der Waals surface area contributed by atoms with Gasteiger partial charge in [-0.15, -0.1) is 0 Å². The number of rotatable bonds is 13. The summed E-state index contributed by atoms with van der Waals surface area (Å²) in [6, 6.07) is 11.1. The van der Waals surface area contributed by atoms with Crippen molar-refractivity contribution < 1.29 is 0 Å². The van der Waals surface area contributed by atoms with Crippen molar-refractivity contribution in [2.24, 2.45) is 23.2 Å². The summed E-state index contributed by atoms with van der Waals surface area (Å²) >= 11 is 0. The molecule has 192 valence electrons. The molecule has 0 heterocycles. The maximum atomic E-state index is 2.29. The molecule has 0 nitrogen and oxygen atoms in total. The molecule has 0 spiro atoms. The van der Waals surface area contributed by atoms with Gasteiger partial charge in [0.05, 0.1) is 0 Å². The number of aryl methyl sites for hydroxylation is 1. The van der Waals surface area contributed by atoms with Crippen LogP contribution in [0.5, 0.6) is 0 Å². The summed E-state index contributed by atoms with van der Waals surface area (Å²) in [7, 11) is 0. The van der Waals surface area contributed by atoms with E-state index >= 15 is 0 Å². The molecule has 0 heteroatoms. The van der Waals surface area contributed by atoms with Crippen LogP contribution in [0.1, 0.15) is 153 Å². The molecule has 1 aromatic carbocycles. The molecule has 0 amide bonds. The van der Waals surface area contributed by atoms with Gasteiger partial charge < -0.3 is 0 Å². The highest BCUT2D eigenvalue weighted by molar-refractivity contribution is 5.14. The van der Waals surface area contributed by atoms with Crippen molar-refractivity contribution in [3.05, 3.63) is 35.9 Å². The summed E-state index contributed by atoms with van der Waals surface area (Å²) in [6.45, 7) is 0. The van der Waals surface area contributed by atoms with E-state index in [1.807, 2.05) is 0 Å². The quantitative estimate of drug-likeness (QED) is 0.255. The SMILES string of the molecule is c1ccc(CCCCCCCCCC(C2CCCCC2)(C2CCCCC2)C2CCCCC2)cc1. The molecule has 3 fully saturated rings. The van der Waals surface area contributed by atoms with Crippen molar-refractivity contribution in [1.29, 1.82) is 0 Å². The topological polar surface area (TPSA) is 0 Å². The summed E-state index contributed by atoms with van der Waals surface area (Å²) in [5.41, 5.74) is 2.25. The van der Waals surface area contributed by atoms with E-state index in [0.29, 0.717) is 0 Å². The lowest BCUT2D eigenvalue weighted by Crippen LogP contribution is -2.47. The largest absolute Gasteiger partial charge is 0.0622 e. The van der Waals surface area contributed by atoms with E-state index in [1.165, 1.54) is 115 Å². The first-order valence-corrected chi connectivity index (χ1v) is 15.9. The molecule has 0 atom stereocenters. The van der Waals surface area contributed by atoms with Crippen molar-refractivity contribution in [2.75, 3.05) is 0 Å². The molecule has 0 saturated heterocycles. The predicted molar refractivity (Wildman–Crippen MR) is 149 cm³/mol. The van der Waals surface area contributed by atoms with Crippen LogP contribution in [0.25, 0.3) is 0 Å². The first-order chi connectivity index (χ1) is 16.9. The standard InChI is InChI=1S/C34H56/c1(2-4-10-20-30-21-11-6-12-22-30)3-5-19-29-34(31-23-13-7-14-24-31,32-25-15-8-16-26-32)33-27-17-9-18-28-33/h6,11-12,21-22,31-33H,1-5,7-10,13-20,23-29H2. The second-order valence-electron chi connectivity index (χ2n) is 12.6. The van der Waals surface area contributed by atoms with Crippen LogP contribution in [0.3, 0.4) is 0 Å². The summed E-state index contributed by atoms with van der Waals surface area (Å²) in [5.74, 6) is 3.22. The molecular weight excluding hydrogens is 408 g/mol. The number of hydrogen-bond donors (Lipinski definition) is 0. The van der Waals surface area contributed by atoms with Crippen LogP contribution in [-0.4, -0.2) is 0 Å². The van der Waals surface area contributed by atoms with E-state index in [-0.39, 0.29) is 0 Å². The Hall–Kier alpha value is -0.780. The normalized spacial score (nSPS) is 21.6. The van der Waals surface area contributed by atoms with Crippen molar-refractivity contribution in [1.82, 2.24) is 0 Å². The number of hydrogen-bond acceptors (Lipinski definition) is 0. The Balaban J connectivity index is 1.26. The van der Waals surface area contributed by atoms with Gasteiger partial charge in [-0.2, -0.15) is 0 Å². The zero-order valence-electron chi connectivity index (χ0n) is 22.6. The van der Waals surface area contributed by atoms with E-state index < -0.39 is 0 Å². The molecule has 0 unspecified atom stereocenters. The van der Waals surface area contributed by atoms with Crippen LogP contribution in [-0.2, 0) is 6.42 Å². The molecule has 3 saturated carbocycles. The molecule has 3 aliphatic rings. The smallest absolute Gasteiger partial charge is 0.0213 e. The molecule has 4 rings (SSSR count). The molecule has 0 aromatic heterocycles. The van der Waals surface area contributed by atoms with Crippen molar-refractivity contribution in [2.45, 2.75) is 154 Å². The van der Waals surface area contributed by atoms with Gasteiger partial charge in [-0.3, -0.25) is 0 Å². The highest BCUT2D eigenvalue weighted by Gasteiger charge is 2.49. The van der Waals surface area contributed by atoms with Crippen molar-refractivity contribution >= 4 is 0 Å². The van der Waals surface area contributed by atoms with Gasteiger partial charge in [0.25, 0.3) is 0 Å². The Kier molecular flexibility index (Phi) is 11.4. The van der Waals surface area contributed by atoms with E-state index in [0.717, 1.165) is 23.2 Å². The van der Waals surface area contributed by atoms with Crippen LogP contribution in [0.2, 0.25) is 0 Å². The van der Waals surface area contributed by atoms with E-state index in [4.69, 9.17) is 0 Å². The molecule has 0 aliphatic heterocycles. The van der Waals surface area contributed by atoms with Crippen molar-refractivity contribution in [3.63, 3.8) is 0 Å². The maximum Gasteiger partial charge on any atom is -0.0213 e. The fraction of sp³-hybridized carbons (Fsp3) is 0.824. The molecular formula is C34H56. The van der Waals surface area contributed by atoms with Gasteiger partial charge in [0.15, 0.2) is 0 Å². The van der Waals surface area contributed by atoms with E-state index in [2.05, 4.69) is 30.3 Å². The second-order valence-corrected chi connectivity index (χ2v) is 12.6. The van der Waals surface area contributed by atoms with Gasteiger partial charge in [0, 0.05) is 0 Å². The third-order valence-electron chi connectivity index (χ3n) is 10.5. The van der Waals surface area contributed by atoms with E-state index in [9.17, 15) is 0 Å². The third kappa shape index (κ3) is 7.36. The molecule has 3 aliphatic carbocycles. The maximum absolute atomic E-state index is 2.29. The fourth-order valence-electron chi connectivity index (χ4n) is 8.82. The van der Waals surface area contributed by atoms with Crippen molar-refractivity contribution in [3.8, 4) is 0 Å². The average molecular weight is 465 g/mol. The zero-order valence-corrected chi connectivity index (χ0v) is 22.6. The minimum Gasteiger partial charge on any atom is -0.0622 e. The summed E-state index contributed by atoms with van der Waals surface area (Å²) in [4.78, 5) is 0. The zero-order chi connectivity index (χ0) is 23.3. The Morgan fingerprint density at radius 2 is 0.882 bits per heavy atom. The molecule has 0 bridgehead atoms. The van der Waals surface area contributed by atoms with Crippen LogP contribution in [0, 0.1) is 23.2 Å². The first kappa shape index (κ1) is 26.3. The molecule has 34 heavy (non-hydrogen) atoms. The molecule has 1 aromatic rings. The Morgan fingerprint density at radius 1 is 0.471 bits per heavy atom. The van der Waals surface area contributed by atoms with Crippen LogP contribution in [0.15, 0.2) is 30.3 Å². The molecule has 0 N–H and O–H groups in total. The van der Waals surface area contributed by atoms with Gasteiger partial charge in [0.2, 0.25) is 0 Å². The Bertz CT molecular complexity index is 582. The highest BCUT2D eigenvalue weighted by atomic mass is 14.5. The van der Waals surface area contributed by atoms with E-state index in [1.54, 1.807) is 44.9 Å². The lowest BCUT2D eigenvalue weighted by Gasteiger charge is -2.55. The van der Waals surface area contributed by atoms with Crippen LogP contribution >= 0.6 is 0 Å². The first-order valence-electron chi connectivity index (χ1n) is 15.9. The predicted octanol–water partition coefficient (Wildman–Crippen LogP) is 11.1. The van der Waals surface area contributed by atoms with Gasteiger partial charge in [-0.05, 0) is 86.5 Å². The summed E-state index contributed by atoms with van der Waals surface area (Å²) in [6.07, 6.45) is 36.4. The fourth-order valence-corrected chi connectivity index (χ4v) is 8.82. The van der Waals surface area contributed by atoms with Crippen LogP contribution in [0.4, 0.5) is 0 Å². The lowest BCUT2D eigenvalue weighted by molar-refractivity contribution is -0.0571. The van der Waals surface area contributed by atoms with Crippen LogP contribution < -0.4 is 0 Å². The third-order valence-corrected chi connectivity index (χ3v) is 10.5. The minimum atomic E-state index is 0.733. The minimum absolute atomic E-state index is 0.733. The average Bonchev–Trinajstić information content (AvgIpc) is 2.92. The second kappa shape index (κ2) is 14.7. The lowest BCUT2D eigenvalue weighted by atomic mass is 9.50. The highest BCUT2D eigenvalue weighted by Crippen LogP contribution is 2.59. The van der Waals surface area contributed by atoms with Gasteiger partial charge in [-0.1, -0.05) is 127 Å². The number of benzene rings is 1. The summed E-state index contributed by atoms with van der Waals surface area (Å²) < 4.78 is 0. The van der Waals surface area contributed by atoms with Gasteiger partial charge >= 0.3 is 0 Å².